The molecule has 0 unspecified atom stereocenters. The first-order valence-corrected chi connectivity index (χ1v) is 9.95. The fourth-order valence-electron chi connectivity index (χ4n) is 3.60. The lowest BCUT2D eigenvalue weighted by Crippen LogP contribution is -2.28. The number of alkyl halides is 2. The van der Waals surface area contributed by atoms with Crippen LogP contribution in [0.25, 0.3) is 22.3 Å². The van der Waals surface area contributed by atoms with Gasteiger partial charge in [-0.25, -0.2) is 15.0 Å². The molecule has 3 aromatic heterocycles. The van der Waals surface area contributed by atoms with Crippen molar-refractivity contribution in [3.8, 4) is 17.1 Å². The van der Waals surface area contributed by atoms with Gasteiger partial charge in [0.25, 0.3) is 5.91 Å². The minimum atomic E-state index is -2.92. The molecule has 0 spiro atoms. The number of hydrogen-bond donors (Lipinski definition) is 2. The lowest BCUT2D eigenvalue weighted by atomic mass is 10.2. The molecule has 32 heavy (non-hydrogen) atoms. The van der Waals surface area contributed by atoms with E-state index in [4.69, 9.17) is 4.98 Å². The number of imidazole rings is 1. The van der Waals surface area contributed by atoms with Gasteiger partial charge in [-0.3, -0.25) is 4.79 Å². The number of carbonyl (C=O) groups is 1. The van der Waals surface area contributed by atoms with Crippen LogP contribution in [0.15, 0.2) is 54.9 Å². The maximum absolute atomic E-state index is 12.5. The zero-order chi connectivity index (χ0) is 22.1. The number of nitrogens with one attached hydrogen (secondary N) is 2. The fraction of sp³-hybridized carbons (Fsp3) is 0.182. The first-order chi connectivity index (χ1) is 15.6. The molecule has 0 aliphatic carbocycles. The quantitative estimate of drug-likeness (QED) is 0.498. The van der Waals surface area contributed by atoms with Crippen LogP contribution in [0.1, 0.15) is 16.2 Å². The summed E-state index contributed by atoms with van der Waals surface area (Å²) in [7, 11) is 0. The summed E-state index contributed by atoms with van der Waals surface area (Å²) in [5.41, 5.74) is 2.70. The van der Waals surface area contributed by atoms with E-state index < -0.39 is 12.5 Å². The van der Waals surface area contributed by atoms with Gasteiger partial charge in [0, 0.05) is 36.3 Å². The highest BCUT2D eigenvalue weighted by atomic mass is 19.3. The van der Waals surface area contributed by atoms with Crippen molar-refractivity contribution in [3.05, 3.63) is 66.2 Å². The molecular weight excluding hydrogens is 418 g/mol. The molecule has 1 aromatic carbocycles. The molecule has 0 atom stereocenters. The minimum Gasteiger partial charge on any atom is -0.435 e. The monoisotopic (exact) mass is 436 g/mol. The number of ether oxygens (including phenoxy) is 1. The SMILES string of the molecule is O=C(Nc1cc2nc(-c3cnc4n3CCNC4)ccc2cn1)c1ccc(OC(F)F)cc1. The van der Waals surface area contributed by atoms with Crippen molar-refractivity contribution < 1.29 is 18.3 Å². The van der Waals surface area contributed by atoms with Crippen LogP contribution in [0, 0.1) is 0 Å². The van der Waals surface area contributed by atoms with E-state index in [2.05, 4.69) is 29.9 Å². The summed E-state index contributed by atoms with van der Waals surface area (Å²) in [6, 6.07) is 11.0. The smallest absolute Gasteiger partial charge is 0.387 e. The highest BCUT2D eigenvalue weighted by Gasteiger charge is 2.16. The summed E-state index contributed by atoms with van der Waals surface area (Å²) in [5, 5.41) is 6.84. The van der Waals surface area contributed by atoms with Gasteiger partial charge in [0.05, 0.1) is 29.6 Å². The zero-order valence-corrected chi connectivity index (χ0v) is 16.8. The fourth-order valence-corrected chi connectivity index (χ4v) is 3.60. The van der Waals surface area contributed by atoms with E-state index in [1.807, 2.05) is 18.3 Å². The molecule has 0 saturated heterocycles. The summed E-state index contributed by atoms with van der Waals surface area (Å²) in [6.45, 7) is -0.496. The third-order valence-electron chi connectivity index (χ3n) is 5.15. The highest BCUT2D eigenvalue weighted by Crippen LogP contribution is 2.24. The molecule has 4 aromatic rings. The molecule has 1 amide bonds. The van der Waals surface area contributed by atoms with Crippen molar-refractivity contribution >= 4 is 22.6 Å². The van der Waals surface area contributed by atoms with E-state index in [0.717, 1.165) is 42.2 Å². The second-order valence-corrected chi connectivity index (χ2v) is 7.20. The number of carbonyl (C=O) groups excluding carboxylic acids is 1. The number of nitrogens with zero attached hydrogens (tertiary/aromatic N) is 4. The molecule has 1 aliphatic rings. The summed E-state index contributed by atoms with van der Waals surface area (Å²) in [5.74, 6) is 0.865. The molecule has 0 fully saturated rings. The van der Waals surface area contributed by atoms with Crippen molar-refractivity contribution in [3.63, 3.8) is 0 Å². The van der Waals surface area contributed by atoms with E-state index in [9.17, 15) is 13.6 Å². The first kappa shape index (κ1) is 20.0. The molecule has 10 heteroatoms. The molecule has 162 valence electrons. The number of amides is 1. The molecule has 2 N–H and O–H groups in total. The molecule has 0 saturated carbocycles. The summed E-state index contributed by atoms with van der Waals surface area (Å²) < 4.78 is 31.0. The van der Waals surface area contributed by atoms with Crippen LogP contribution >= 0.6 is 0 Å². The van der Waals surface area contributed by atoms with Crippen LogP contribution in [0.5, 0.6) is 5.75 Å². The number of fused-ring (bicyclic) bond motifs is 2. The van der Waals surface area contributed by atoms with E-state index in [-0.39, 0.29) is 11.3 Å². The average molecular weight is 436 g/mol. The maximum atomic E-state index is 12.5. The average Bonchev–Trinajstić information content (AvgIpc) is 3.23. The largest absolute Gasteiger partial charge is 0.435 e. The van der Waals surface area contributed by atoms with Gasteiger partial charge >= 0.3 is 6.61 Å². The number of aromatic nitrogens is 4. The topological polar surface area (TPSA) is 94.0 Å². The third kappa shape index (κ3) is 4.00. The second-order valence-electron chi connectivity index (χ2n) is 7.20. The van der Waals surface area contributed by atoms with Gasteiger partial charge in [-0.1, -0.05) is 0 Å². The van der Waals surface area contributed by atoms with E-state index >= 15 is 0 Å². The number of pyridine rings is 2. The third-order valence-corrected chi connectivity index (χ3v) is 5.15. The Kier molecular flexibility index (Phi) is 5.20. The second kappa shape index (κ2) is 8.31. The van der Waals surface area contributed by atoms with E-state index in [1.54, 1.807) is 12.3 Å². The summed E-state index contributed by atoms with van der Waals surface area (Å²) in [6.07, 6.45) is 3.46. The predicted molar refractivity (Wildman–Crippen MR) is 113 cm³/mol. The Morgan fingerprint density at radius 3 is 2.78 bits per heavy atom. The van der Waals surface area contributed by atoms with Crippen LogP contribution < -0.4 is 15.4 Å². The van der Waals surface area contributed by atoms with E-state index in [1.165, 1.54) is 24.3 Å². The van der Waals surface area contributed by atoms with E-state index in [0.29, 0.717) is 11.3 Å². The Hall–Kier alpha value is -3.92. The molecule has 0 bridgehead atoms. The summed E-state index contributed by atoms with van der Waals surface area (Å²) in [4.78, 5) is 26.0. The number of rotatable bonds is 5. The maximum Gasteiger partial charge on any atom is 0.387 e. The van der Waals surface area contributed by atoms with Gasteiger partial charge in [-0.15, -0.1) is 0 Å². The Bertz CT molecular complexity index is 1290. The van der Waals surface area contributed by atoms with Gasteiger partial charge in [-0.05, 0) is 36.4 Å². The van der Waals surface area contributed by atoms with Gasteiger partial charge in [0.2, 0.25) is 0 Å². The molecule has 8 nitrogen and oxygen atoms in total. The lowest BCUT2D eigenvalue weighted by Gasteiger charge is -2.17. The Labute approximate surface area is 181 Å². The van der Waals surface area contributed by atoms with Crippen molar-refractivity contribution in [2.24, 2.45) is 0 Å². The Balaban J connectivity index is 1.38. The molecular formula is C22H18F2N6O2. The van der Waals surface area contributed by atoms with Crippen LogP contribution in [0.4, 0.5) is 14.6 Å². The van der Waals surface area contributed by atoms with Crippen LogP contribution in [-0.2, 0) is 13.1 Å². The van der Waals surface area contributed by atoms with Crippen molar-refractivity contribution in [2.45, 2.75) is 19.7 Å². The number of benzene rings is 1. The van der Waals surface area contributed by atoms with Crippen molar-refractivity contribution in [1.29, 1.82) is 0 Å². The highest BCUT2D eigenvalue weighted by molar-refractivity contribution is 6.04. The standard InChI is InChI=1S/C22H18F2N6O2/c23-22(24)32-15-4-1-13(2-5-15)21(31)29-19-9-17-14(10-26-19)3-6-16(28-17)18-11-27-20-12-25-7-8-30(18)20/h1-6,9-11,22,25H,7-8,12H2,(H,26,29,31). The van der Waals surface area contributed by atoms with Crippen LogP contribution in [-0.4, -0.2) is 38.6 Å². The first-order valence-electron chi connectivity index (χ1n) is 9.95. The molecule has 0 radical (unpaired) electrons. The zero-order valence-electron chi connectivity index (χ0n) is 16.8. The molecule has 1 aliphatic heterocycles. The number of anilines is 1. The van der Waals surface area contributed by atoms with Crippen LogP contribution in [0.3, 0.4) is 0 Å². The Morgan fingerprint density at radius 1 is 1.12 bits per heavy atom. The minimum absolute atomic E-state index is 0.0186. The van der Waals surface area contributed by atoms with Gasteiger partial charge in [0.1, 0.15) is 17.4 Å². The molecule has 5 rings (SSSR count). The normalized spacial score (nSPS) is 13.2. The predicted octanol–water partition coefficient (Wildman–Crippen LogP) is 3.45. The number of hydrogen-bond acceptors (Lipinski definition) is 6. The number of halogens is 2. The van der Waals surface area contributed by atoms with Gasteiger partial charge < -0.3 is 19.9 Å². The Morgan fingerprint density at radius 2 is 1.97 bits per heavy atom. The van der Waals surface area contributed by atoms with Crippen LogP contribution in [0.2, 0.25) is 0 Å². The van der Waals surface area contributed by atoms with Gasteiger partial charge in [0.15, 0.2) is 0 Å². The van der Waals surface area contributed by atoms with Crippen molar-refractivity contribution in [2.75, 3.05) is 11.9 Å². The lowest BCUT2D eigenvalue weighted by molar-refractivity contribution is -0.0498. The summed E-state index contributed by atoms with van der Waals surface area (Å²) >= 11 is 0. The van der Waals surface area contributed by atoms with Gasteiger partial charge in [-0.2, -0.15) is 8.78 Å². The van der Waals surface area contributed by atoms with Crippen molar-refractivity contribution in [1.82, 2.24) is 24.8 Å². The molecule has 4 heterocycles.